The molecule has 4 heteroatoms. The molecule has 1 aromatic rings. The number of H-pyrrole nitrogens is 1. The SMILES string of the molecule is CCN(CC1CC1)C(=O)c1cn[nH]c1. The van der Waals surface area contributed by atoms with Crippen LogP contribution in [0.15, 0.2) is 12.4 Å². The van der Waals surface area contributed by atoms with Gasteiger partial charge in [-0.2, -0.15) is 5.10 Å². The molecule has 0 aromatic carbocycles. The quantitative estimate of drug-likeness (QED) is 0.783. The number of aromatic nitrogens is 2. The fourth-order valence-corrected chi connectivity index (χ4v) is 1.52. The topological polar surface area (TPSA) is 49.0 Å². The second-order valence-corrected chi connectivity index (χ2v) is 3.77. The fraction of sp³-hybridized carbons (Fsp3) is 0.600. The van der Waals surface area contributed by atoms with Gasteiger partial charge in [-0.3, -0.25) is 9.89 Å². The van der Waals surface area contributed by atoms with Crippen molar-refractivity contribution in [2.24, 2.45) is 5.92 Å². The molecular weight excluding hydrogens is 178 g/mol. The standard InChI is InChI=1S/C10H15N3O/c1-2-13(7-8-3-4-8)10(14)9-5-11-12-6-9/h5-6,8H,2-4,7H2,1H3,(H,11,12). The van der Waals surface area contributed by atoms with Gasteiger partial charge in [-0.15, -0.1) is 0 Å². The van der Waals surface area contributed by atoms with Crippen molar-refractivity contribution in [2.75, 3.05) is 13.1 Å². The smallest absolute Gasteiger partial charge is 0.257 e. The van der Waals surface area contributed by atoms with Crippen molar-refractivity contribution in [3.05, 3.63) is 18.0 Å². The maximum absolute atomic E-state index is 11.9. The Morgan fingerprint density at radius 3 is 3.00 bits per heavy atom. The summed E-state index contributed by atoms with van der Waals surface area (Å²) in [6.07, 6.45) is 5.78. The third-order valence-electron chi connectivity index (χ3n) is 2.59. The maximum Gasteiger partial charge on any atom is 0.257 e. The highest BCUT2D eigenvalue weighted by molar-refractivity contribution is 5.93. The summed E-state index contributed by atoms with van der Waals surface area (Å²) in [4.78, 5) is 13.8. The van der Waals surface area contributed by atoms with Crippen LogP contribution in [0.3, 0.4) is 0 Å². The van der Waals surface area contributed by atoms with Crippen LogP contribution >= 0.6 is 0 Å². The van der Waals surface area contributed by atoms with Crippen LogP contribution < -0.4 is 0 Å². The van der Waals surface area contributed by atoms with Crippen LogP contribution in [0.4, 0.5) is 0 Å². The first-order chi connectivity index (χ1) is 6.81. The highest BCUT2D eigenvalue weighted by atomic mass is 16.2. The highest BCUT2D eigenvalue weighted by Crippen LogP contribution is 2.29. The third-order valence-corrected chi connectivity index (χ3v) is 2.59. The molecule has 0 atom stereocenters. The molecule has 0 aliphatic heterocycles. The zero-order valence-corrected chi connectivity index (χ0v) is 8.36. The second-order valence-electron chi connectivity index (χ2n) is 3.77. The fourth-order valence-electron chi connectivity index (χ4n) is 1.52. The molecule has 0 unspecified atom stereocenters. The molecule has 1 amide bonds. The maximum atomic E-state index is 11.9. The lowest BCUT2D eigenvalue weighted by molar-refractivity contribution is 0.0757. The Hall–Kier alpha value is -1.32. The molecule has 0 bridgehead atoms. The van der Waals surface area contributed by atoms with Crippen LogP contribution in [0.1, 0.15) is 30.1 Å². The van der Waals surface area contributed by atoms with Gasteiger partial charge in [0.15, 0.2) is 0 Å². The van der Waals surface area contributed by atoms with E-state index in [1.54, 1.807) is 12.4 Å². The first-order valence-corrected chi connectivity index (χ1v) is 5.09. The minimum atomic E-state index is 0.0909. The van der Waals surface area contributed by atoms with Gasteiger partial charge in [0.05, 0.1) is 11.8 Å². The molecule has 4 nitrogen and oxygen atoms in total. The molecule has 0 spiro atoms. The predicted molar refractivity (Wildman–Crippen MR) is 52.9 cm³/mol. The highest BCUT2D eigenvalue weighted by Gasteiger charge is 2.26. The molecule has 1 aliphatic carbocycles. The number of carbonyl (C=O) groups is 1. The largest absolute Gasteiger partial charge is 0.339 e. The van der Waals surface area contributed by atoms with E-state index in [-0.39, 0.29) is 5.91 Å². The Morgan fingerprint density at radius 2 is 2.50 bits per heavy atom. The van der Waals surface area contributed by atoms with Gasteiger partial charge in [0, 0.05) is 19.3 Å². The van der Waals surface area contributed by atoms with Gasteiger partial charge in [-0.1, -0.05) is 0 Å². The van der Waals surface area contributed by atoms with Crippen molar-refractivity contribution in [1.82, 2.24) is 15.1 Å². The van der Waals surface area contributed by atoms with Gasteiger partial charge >= 0.3 is 0 Å². The molecule has 14 heavy (non-hydrogen) atoms. The van der Waals surface area contributed by atoms with Gasteiger partial charge in [-0.25, -0.2) is 0 Å². The third kappa shape index (κ3) is 1.95. The number of carbonyl (C=O) groups excluding carboxylic acids is 1. The molecule has 76 valence electrons. The van der Waals surface area contributed by atoms with E-state index in [0.717, 1.165) is 19.0 Å². The van der Waals surface area contributed by atoms with Gasteiger partial charge in [-0.05, 0) is 25.7 Å². The van der Waals surface area contributed by atoms with Gasteiger partial charge in [0.1, 0.15) is 0 Å². The van der Waals surface area contributed by atoms with Crippen LogP contribution in [-0.4, -0.2) is 34.1 Å². The first kappa shape index (κ1) is 9.24. The summed E-state index contributed by atoms with van der Waals surface area (Å²) in [7, 11) is 0. The number of nitrogens with zero attached hydrogens (tertiary/aromatic N) is 2. The number of amides is 1. The Labute approximate surface area is 83.3 Å². The Kier molecular flexibility index (Phi) is 2.52. The van der Waals surface area contributed by atoms with E-state index in [2.05, 4.69) is 10.2 Å². The second kappa shape index (κ2) is 3.82. The number of nitrogens with one attached hydrogen (secondary N) is 1. The van der Waals surface area contributed by atoms with Crippen molar-refractivity contribution in [3.8, 4) is 0 Å². The van der Waals surface area contributed by atoms with Crippen molar-refractivity contribution < 1.29 is 4.79 Å². The Balaban J connectivity index is 1.99. The number of rotatable bonds is 4. The lowest BCUT2D eigenvalue weighted by atomic mass is 10.3. The summed E-state index contributed by atoms with van der Waals surface area (Å²) in [5.41, 5.74) is 0.660. The van der Waals surface area contributed by atoms with E-state index in [4.69, 9.17) is 0 Å². The minimum absolute atomic E-state index is 0.0909. The van der Waals surface area contributed by atoms with E-state index < -0.39 is 0 Å². The van der Waals surface area contributed by atoms with E-state index in [1.807, 2.05) is 11.8 Å². The van der Waals surface area contributed by atoms with E-state index >= 15 is 0 Å². The number of aromatic amines is 1. The molecule has 1 aromatic heterocycles. The normalized spacial score (nSPS) is 15.5. The van der Waals surface area contributed by atoms with Crippen molar-refractivity contribution in [1.29, 1.82) is 0 Å². The first-order valence-electron chi connectivity index (χ1n) is 5.09. The molecule has 1 saturated carbocycles. The summed E-state index contributed by atoms with van der Waals surface area (Å²) in [5, 5.41) is 6.44. The zero-order valence-electron chi connectivity index (χ0n) is 8.36. The monoisotopic (exact) mass is 193 g/mol. The zero-order chi connectivity index (χ0) is 9.97. The van der Waals surface area contributed by atoms with Crippen LogP contribution in [0.5, 0.6) is 0 Å². The molecule has 0 radical (unpaired) electrons. The number of hydrogen-bond donors (Lipinski definition) is 1. The minimum Gasteiger partial charge on any atom is -0.339 e. The van der Waals surface area contributed by atoms with E-state index in [9.17, 15) is 4.79 Å². The van der Waals surface area contributed by atoms with Crippen LogP contribution in [0, 0.1) is 5.92 Å². The summed E-state index contributed by atoms with van der Waals surface area (Å²) in [6, 6.07) is 0. The van der Waals surface area contributed by atoms with Crippen LogP contribution in [0.25, 0.3) is 0 Å². The molecule has 1 fully saturated rings. The van der Waals surface area contributed by atoms with Crippen LogP contribution in [-0.2, 0) is 0 Å². The Morgan fingerprint density at radius 1 is 1.71 bits per heavy atom. The van der Waals surface area contributed by atoms with Gasteiger partial charge in [0.25, 0.3) is 5.91 Å². The molecule has 0 saturated heterocycles. The summed E-state index contributed by atoms with van der Waals surface area (Å²) >= 11 is 0. The molecule has 2 rings (SSSR count). The average molecular weight is 193 g/mol. The summed E-state index contributed by atoms with van der Waals surface area (Å²) < 4.78 is 0. The molecule has 1 aliphatic rings. The average Bonchev–Trinajstić information content (AvgIpc) is 2.84. The van der Waals surface area contributed by atoms with E-state index in [0.29, 0.717) is 5.56 Å². The molecular formula is C10H15N3O. The van der Waals surface area contributed by atoms with Crippen LogP contribution in [0.2, 0.25) is 0 Å². The summed E-state index contributed by atoms with van der Waals surface area (Å²) in [6.45, 7) is 3.70. The van der Waals surface area contributed by atoms with Crippen molar-refractivity contribution in [2.45, 2.75) is 19.8 Å². The summed E-state index contributed by atoms with van der Waals surface area (Å²) in [5.74, 6) is 0.832. The Bertz CT molecular complexity index is 303. The van der Waals surface area contributed by atoms with E-state index in [1.165, 1.54) is 12.8 Å². The lowest BCUT2D eigenvalue weighted by Crippen LogP contribution is -2.32. The van der Waals surface area contributed by atoms with Crippen molar-refractivity contribution in [3.63, 3.8) is 0 Å². The molecule has 1 heterocycles. The van der Waals surface area contributed by atoms with Crippen molar-refractivity contribution >= 4 is 5.91 Å². The molecule has 1 N–H and O–H groups in total. The van der Waals surface area contributed by atoms with Gasteiger partial charge in [0.2, 0.25) is 0 Å². The number of hydrogen-bond acceptors (Lipinski definition) is 2. The predicted octanol–water partition coefficient (Wildman–Crippen LogP) is 1.28. The lowest BCUT2D eigenvalue weighted by Gasteiger charge is -2.19. The van der Waals surface area contributed by atoms with Gasteiger partial charge < -0.3 is 4.90 Å².